The number of benzene rings is 3. The average Bonchev–Trinajstić information content (AvgIpc) is 2.82. The second kappa shape index (κ2) is 8.85. The van der Waals surface area contributed by atoms with E-state index in [0.717, 1.165) is 22.4 Å². The number of fused-ring (bicyclic) bond motifs is 1. The number of rotatable bonds is 5. The van der Waals surface area contributed by atoms with Gasteiger partial charge in [-0.2, -0.15) is 14.9 Å². The number of nitrogens with zero attached hydrogens (tertiary/aromatic N) is 3. The van der Waals surface area contributed by atoms with Crippen molar-refractivity contribution in [3.05, 3.63) is 99.5 Å². The van der Waals surface area contributed by atoms with Gasteiger partial charge in [-0.25, -0.2) is 5.43 Å². The Hall–Kier alpha value is -4.26. The Balaban J connectivity index is 1.71. The number of hydrogen-bond acceptors (Lipinski definition) is 5. The minimum Gasteiger partial charge on any atom is -0.497 e. The van der Waals surface area contributed by atoms with Crippen LogP contribution < -0.4 is 15.7 Å². The second-order valence-electron chi connectivity index (χ2n) is 7.35. The lowest BCUT2D eigenvalue weighted by Crippen LogP contribution is -2.28. The SMILES string of the molecule is COc1ccc(/C=N\NC(=O)c2nn(-c3ccc(C)c(C)c3)c(=O)c3ccccc23)cc1. The van der Waals surface area contributed by atoms with Crippen LogP contribution in [0.4, 0.5) is 0 Å². The molecule has 0 atom stereocenters. The van der Waals surface area contributed by atoms with Crippen LogP contribution in [-0.2, 0) is 0 Å². The third kappa shape index (κ3) is 4.13. The number of nitrogens with one attached hydrogen (secondary N) is 1. The topological polar surface area (TPSA) is 85.6 Å². The molecule has 1 aromatic heterocycles. The highest BCUT2D eigenvalue weighted by molar-refractivity contribution is 6.05. The number of hydrazone groups is 1. The second-order valence-corrected chi connectivity index (χ2v) is 7.35. The summed E-state index contributed by atoms with van der Waals surface area (Å²) in [7, 11) is 1.60. The quantitative estimate of drug-likeness (QED) is 0.389. The van der Waals surface area contributed by atoms with E-state index in [9.17, 15) is 9.59 Å². The maximum atomic E-state index is 13.1. The summed E-state index contributed by atoms with van der Waals surface area (Å²) in [5.41, 5.74) is 5.86. The first-order valence-electron chi connectivity index (χ1n) is 10.0. The van der Waals surface area contributed by atoms with E-state index in [1.54, 1.807) is 43.5 Å². The zero-order valence-electron chi connectivity index (χ0n) is 18.0. The van der Waals surface area contributed by atoms with Crippen molar-refractivity contribution in [1.29, 1.82) is 0 Å². The zero-order chi connectivity index (χ0) is 22.7. The molecule has 0 aliphatic carbocycles. The van der Waals surface area contributed by atoms with E-state index in [-0.39, 0.29) is 11.3 Å². The standard InChI is InChI=1S/C25H22N4O3/c1-16-8-11-19(14-17(16)2)29-25(31)22-7-5-4-6-21(22)23(28-29)24(30)27-26-15-18-9-12-20(32-3)13-10-18/h4-15H,1-3H3,(H,27,30)/b26-15-. The van der Waals surface area contributed by atoms with Gasteiger partial charge in [-0.15, -0.1) is 0 Å². The van der Waals surface area contributed by atoms with Crippen molar-refractivity contribution in [1.82, 2.24) is 15.2 Å². The molecule has 0 aliphatic rings. The molecule has 1 N–H and O–H groups in total. The summed E-state index contributed by atoms with van der Waals surface area (Å²) in [5.74, 6) is 0.221. The molecule has 160 valence electrons. The third-order valence-electron chi connectivity index (χ3n) is 5.25. The van der Waals surface area contributed by atoms with Gasteiger partial charge in [-0.05, 0) is 73.0 Å². The molecule has 7 nitrogen and oxygen atoms in total. The van der Waals surface area contributed by atoms with Gasteiger partial charge in [-0.3, -0.25) is 9.59 Å². The smallest absolute Gasteiger partial charge is 0.292 e. The summed E-state index contributed by atoms with van der Waals surface area (Å²) in [5, 5.41) is 9.30. The highest BCUT2D eigenvalue weighted by Crippen LogP contribution is 2.17. The third-order valence-corrected chi connectivity index (χ3v) is 5.25. The summed E-state index contributed by atoms with van der Waals surface area (Å²) < 4.78 is 6.39. The summed E-state index contributed by atoms with van der Waals surface area (Å²) >= 11 is 0. The fraction of sp³-hybridized carbons (Fsp3) is 0.120. The largest absolute Gasteiger partial charge is 0.497 e. The number of hydrogen-bond donors (Lipinski definition) is 1. The van der Waals surface area contributed by atoms with Gasteiger partial charge in [0.05, 0.1) is 24.4 Å². The highest BCUT2D eigenvalue weighted by Gasteiger charge is 2.17. The summed E-state index contributed by atoms with van der Waals surface area (Å²) in [4.78, 5) is 26.0. The minimum absolute atomic E-state index is 0.116. The fourth-order valence-electron chi connectivity index (χ4n) is 3.30. The molecule has 1 heterocycles. The number of amides is 1. The first kappa shape index (κ1) is 21.0. The Morgan fingerprint density at radius 2 is 1.72 bits per heavy atom. The molecule has 0 aliphatic heterocycles. The average molecular weight is 426 g/mol. The molecule has 0 spiro atoms. The first-order valence-corrected chi connectivity index (χ1v) is 10.0. The lowest BCUT2D eigenvalue weighted by molar-refractivity contribution is 0.0950. The molecule has 7 heteroatoms. The van der Waals surface area contributed by atoms with Crippen molar-refractivity contribution in [2.24, 2.45) is 5.10 Å². The van der Waals surface area contributed by atoms with E-state index >= 15 is 0 Å². The Bertz CT molecular complexity index is 1390. The summed E-state index contributed by atoms with van der Waals surface area (Å²) in [6, 6.07) is 19.8. The molecule has 3 aromatic carbocycles. The molecular formula is C25H22N4O3. The maximum Gasteiger partial charge on any atom is 0.292 e. The number of ether oxygens (including phenoxy) is 1. The number of carbonyl (C=O) groups excluding carboxylic acids is 1. The van der Waals surface area contributed by atoms with E-state index in [2.05, 4.69) is 15.6 Å². The van der Waals surface area contributed by atoms with Crippen LogP contribution in [0.5, 0.6) is 5.75 Å². The van der Waals surface area contributed by atoms with E-state index < -0.39 is 5.91 Å². The van der Waals surface area contributed by atoms with Crippen LogP contribution in [0.1, 0.15) is 27.2 Å². The molecule has 0 bridgehead atoms. The maximum absolute atomic E-state index is 13.1. The van der Waals surface area contributed by atoms with Gasteiger partial charge in [0.1, 0.15) is 5.75 Å². The number of aromatic nitrogens is 2. The van der Waals surface area contributed by atoms with E-state index in [0.29, 0.717) is 16.5 Å². The highest BCUT2D eigenvalue weighted by atomic mass is 16.5. The van der Waals surface area contributed by atoms with Gasteiger partial charge in [-0.1, -0.05) is 24.3 Å². The molecule has 0 saturated carbocycles. The molecule has 1 amide bonds. The fourth-order valence-corrected chi connectivity index (χ4v) is 3.30. The minimum atomic E-state index is -0.511. The van der Waals surface area contributed by atoms with Crippen LogP contribution in [0.2, 0.25) is 0 Å². The van der Waals surface area contributed by atoms with Crippen LogP contribution >= 0.6 is 0 Å². The molecule has 0 fully saturated rings. The van der Waals surface area contributed by atoms with E-state index in [1.807, 2.05) is 44.2 Å². The Labute approximate surface area is 185 Å². The number of methoxy groups -OCH3 is 1. The Morgan fingerprint density at radius 3 is 2.41 bits per heavy atom. The summed E-state index contributed by atoms with van der Waals surface area (Å²) in [6.07, 6.45) is 1.53. The molecule has 4 rings (SSSR count). The van der Waals surface area contributed by atoms with Gasteiger partial charge < -0.3 is 4.74 Å². The van der Waals surface area contributed by atoms with Crippen molar-refractivity contribution >= 4 is 22.9 Å². The van der Waals surface area contributed by atoms with Crippen LogP contribution in [0.3, 0.4) is 0 Å². The van der Waals surface area contributed by atoms with Crippen LogP contribution in [0.15, 0.2) is 76.6 Å². The monoisotopic (exact) mass is 426 g/mol. The van der Waals surface area contributed by atoms with Gasteiger partial charge in [0.25, 0.3) is 11.5 Å². The lowest BCUT2D eigenvalue weighted by Gasteiger charge is -2.11. The number of carbonyl (C=O) groups is 1. The lowest BCUT2D eigenvalue weighted by atomic mass is 10.1. The van der Waals surface area contributed by atoms with Crippen molar-refractivity contribution in [3.63, 3.8) is 0 Å². The van der Waals surface area contributed by atoms with E-state index in [4.69, 9.17) is 4.74 Å². The van der Waals surface area contributed by atoms with Gasteiger partial charge in [0, 0.05) is 5.39 Å². The molecule has 32 heavy (non-hydrogen) atoms. The Morgan fingerprint density at radius 1 is 1.00 bits per heavy atom. The van der Waals surface area contributed by atoms with Crippen molar-refractivity contribution in [2.75, 3.05) is 7.11 Å². The summed E-state index contributed by atoms with van der Waals surface area (Å²) in [6.45, 7) is 3.96. The van der Waals surface area contributed by atoms with E-state index in [1.165, 1.54) is 10.9 Å². The normalized spacial score (nSPS) is 11.1. The van der Waals surface area contributed by atoms with Crippen LogP contribution in [0, 0.1) is 13.8 Å². The molecule has 0 radical (unpaired) electrons. The van der Waals surface area contributed by atoms with Crippen molar-refractivity contribution in [2.45, 2.75) is 13.8 Å². The molecule has 0 saturated heterocycles. The Kier molecular flexibility index (Phi) is 5.81. The predicted octanol–water partition coefficient (Wildman–Crippen LogP) is 3.78. The zero-order valence-corrected chi connectivity index (χ0v) is 18.0. The van der Waals surface area contributed by atoms with Crippen molar-refractivity contribution in [3.8, 4) is 11.4 Å². The van der Waals surface area contributed by atoms with Crippen molar-refractivity contribution < 1.29 is 9.53 Å². The van der Waals surface area contributed by atoms with Gasteiger partial charge >= 0.3 is 0 Å². The molecule has 4 aromatic rings. The number of aryl methyl sites for hydroxylation is 2. The first-order chi connectivity index (χ1) is 15.5. The van der Waals surface area contributed by atoms with Gasteiger partial charge in [0.2, 0.25) is 0 Å². The van der Waals surface area contributed by atoms with Gasteiger partial charge in [0.15, 0.2) is 5.69 Å². The molecular weight excluding hydrogens is 404 g/mol. The molecule has 0 unspecified atom stereocenters. The van der Waals surface area contributed by atoms with Crippen LogP contribution in [0.25, 0.3) is 16.5 Å². The predicted molar refractivity (Wildman–Crippen MR) is 125 cm³/mol. The van der Waals surface area contributed by atoms with Crippen LogP contribution in [-0.4, -0.2) is 29.0 Å².